The van der Waals surface area contributed by atoms with E-state index < -0.39 is 17.6 Å². The SMILES string of the molecule is CNc1nn(-c2ccccc2)cc1C(=O)NCc1ccccc1C(F)(F)F.O=Cc1cc(Cl)c(O)c(Cl)n1. The summed E-state index contributed by atoms with van der Waals surface area (Å²) in [6.45, 7) is -0.242. The summed E-state index contributed by atoms with van der Waals surface area (Å²) in [5.74, 6) is -0.488. The van der Waals surface area contributed by atoms with Crippen LogP contribution < -0.4 is 10.6 Å². The van der Waals surface area contributed by atoms with Crippen molar-refractivity contribution in [1.29, 1.82) is 0 Å². The smallest absolute Gasteiger partial charge is 0.416 e. The van der Waals surface area contributed by atoms with E-state index in [0.717, 1.165) is 11.8 Å². The highest BCUT2D eigenvalue weighted by Gasteiger charge is 2.33. The number of halogens is 5. The average Bonchev–Trinajstić information content (AvgIpc) is 3.35. The van der Waals surface area contributed by atoms with Gasteiger partial charge in [0, 0.05) is 19.8 Å². The Morgan fingerprint density at radius 3 is 2.37 bits per heavy atom. The lowest BCUT2D eigenvalue weighted by Gasteiger charge is -2.13. The molecule has 0 aliphatic heterocycles. The van der Waals surface area contributed by atoms with Crippen molar-refractivity contribution in [3.63, 3.8) is 0 Å². The summed E-state index contributed by atoms with van der Waals surface area (Å²) in [5, 5.41) is 18.5. The number of hydrogen-bond donors (Lipinski definition) is 3. The Hall–Kier alpha value is -4.09. The molecule has 0 aliphatic rings. The second kappa shape index (κ2) is 12.4. The summed E-state index contributed by atoms with van der Waals surface area (Å²) in [4.78, 5) is 26.2. The quantitative estimate of drug-likeness (QED) is 0.202. The zero-order valence-electron chi connectivity index (χ0n) is 19.6. The van der Waals surface area contributed by atoms with Crippen molar-refractivity contribution < 1.29 is 27.9 Å². The second-order valence-corrected chi connectivity index (χ2v) is 8.31. The maximum atomic E-state index is 13.1. The summed E-state index contributed by atoms with van der Waals surface area (Å²) in [7, 11) is 1.62. The van der Waals surface area contributed by atoms with Crippen molar-refractivity contribution in [1.82, 2.24) is 20.1 Å². The van der Waals surface area contributed by atoms with Crippen LogP contribution in [0.5, 0.6) is 5.75 Å². The number of benzene rings is 2. The molecular weight excluding hydrogens is 546 g/mol. The molecule has 0 atom stereocenters. The lowest BCUT2D eigenvalue weighted by Crippen LogP contribution is -2.24. The molecule has 1 amide bonds. The van der Waals surface area contributed by atoms with Gasteiger partial charge in [-0.25, -0.2) is 9.67 Å². The summed E-state index contributed by atoms with van der Waals surface area (Å²) in [6, 6.07) is 15.6. The van der Waals surface area contributed by atoms with Crippen molar-refractivity contribution in [2.24, 2.45) is 0 Å². The molecule has 13 heteroatoms. The van der Waals surface area contributed by atoms with Crippen molar-refractivity contribution in [3.8, 4) is 11.4 Å². The molecule has 198 valence electrons. The van der Waals surface area contributed by atoms with Crippen LogP contribution in [-0.2, 0) is 12.7 Å². The topological polar surface area (TPSA) is 109 Å². The van der Waals surface area contributed by atoms with Gasteiger partial charge in [-0.05, 0) is 29.8 Å². The van der Waals surface area contributed by atoms with E-state index in [-0.39, 0.29) is 39.3 Å². The largest absolute Gasteiger partial charge is 0.504 e. The monoisotopic (exact) mass is 565 g/mol. The van der Waals surface area contributed by atoms with E-state index in [2.05, 4.69) is 20.7 Å². The van der Waals surface area contributed by atoms with E-state index in [1.165, 1.54) is 35.1 Å². The van der Waals surface area contributed by atoms with Crippen LogP contribution in [0.15, 0.2) is 66.9 Å². The minimum absolute atomic E-state index is 0.000177. The van der Waals surface area contributed by atoms with Gasteiger partial charge in [-0.15, -0.1) is 5.10 Å². The molecule has 0 fully saturated rings. The lowest BCUT2D eigenvalue weighted by atomic mass is 10.1. The van der Waals surface area contributed by atoms with Gasteiger partial charge in [0.25, 0.3) is 5.91 Å². The number of nitrogens with zero attached hydrogens (tertiary/aromatic N) is 3. The molecule has 0 bridgehead atoms. The van der Waals surface area contributed by atoms with E-state index in [1.807, 2.05) is 30.3 Å². The number of rotatable bonds is 6. The minimum atomic E-state index is -4.48. The predicted molar refractivity (Wildman–Crippen MR) is 137 cm³/mol. The van der Waals surface area contributed by atoms with Gasteiger partial charge in [0.1, 0.15) is 11.3 Å². The number of aldehydes is 1. The Labute approximate surface area is 225 Å². The molecule has 0 spiro atoms. The lowest BCUT2D eigenvalue weighted by molar-refractivity contribution is -0.138. The van der Waals surface area contributed by atoms with Crippen LogP contribution in [0.4, 0.5) is 19.0 Å². The van der Waals surface area contributed by atoms with Crippen molar-refractivity contribution >= 4 is 41.2 Å². The third-order valence-electron chi connectivity index (χ3n) is 5.02. The van der Waals surface area contributed by atoms with Gasteiger partial charge in [0.2, 0.25) is 0 Å². The Morgan fingerprint density at radius 1 is 1.11 bits per heavy atom. The third-order valence-corrected chi connectivity index (χ3v) is 5.57. The Kier molecular flexibility index (Phi) is 9.32. The molecule has 0 radical (unpaired) electrons. The van der Waals surface area contributed by atoms with E-state index in [1.54, 1.807) is 7.05 Å². The number of amides is 1. The zero-order valence-corrected chi connectivity index (χ0v) is 21.1. The van der Waals surface area contributed by atoms with Gasteiger partial charge < -0.3 is 15.7 Å². The van der Waals surface area contributed by atoms with Crippen LogP contribution in [0, 0.1) is 0 Å². The molecule has 0 unspecified atom stereocenters. The fourth-order valence-corrected chi connectivity index (χ4v) is 3.66. The molecule has 0 saturated carbocycles. The van der Waals surface area contributed by atoms with E-state index in [9.17, 15) is 22.8 Å². The van der Waals surface area contributed by atoms with E-state index in [4.69, 9.17) is 28.3 Å². The molecule has 38 heavy (non-hydrogen) atoms. The van der Waals surface area contributed by atoms with Gasteiger partial charge in [-0.3, -0.25) is 9.59 Å². The highest BCUT2D eigenvalue weighted by Crippen LogP contribution is 2.32. The molecule has 0 saturated heterocycles. The minimum Gasteiger partial charge on any atom is -0.504 e. The van der Waals surface area contributed by atoms with Crippen LogP contribution >= 0.6 is 23.2 Å². The first-order valence-electron chi connectivity index (χ1n) is 10.8. The molecule has 0 aliphatic carbocycles. The Balaban J connectivity index is 0.000000304. The molecule has 4 aromatic rings. The molecule has 8 nitrogen and oxygen atoms in total. The molecule has 2 heterocycles. The highest BCUT2D eigenvalue weighted by atomic mass is 35.5. The Morgan fingerprint density at radius 2 is 1.76 bits per heavy atom. The standard InChI is InChI=1S/C19H17F3N4O.C6H3Cl2NO2/c1-23-17-15(12-26(25-17)14-8-3-2-4-9-14)18(27)24-11-13-7-5-6-10-16(13)19(20,21)22;7-4-1-3(2-10)9-6(8)5(4)11/h2-10,12H,11H2,1H3,(H,23,25)(H,24,27);1-2,11H. The molecule has 2 aromatic heterocycles. The van der Waals surface area contributed by atoms with Gasteiger partial charge in [0.15, 0.2) is 23.0 Å². The number of anilines is 1. The first-order chi connectivity index (χ1) is 18.0. The summed E-state index contributed by atoms with van der Waals surface area (Å²) >= 11 is 10.9. The van der Waals surface area contributed by atoms with Crippen LogP contribution in [0.25, 0.3) is 5.69 Å². The number of carbonyl (C=O) groups excluding carboxylic acids is 2. The number of aromatic nitrogens is 3. The van der Waals surface area contributed by atoms with Crippen LogP contribution in [-0.4, -0.2) is 39.1 Å². The maximum Gasteiger partial charge on any atom is 0.416 e. The number of carbonyl (C=O) groups is 2. The van der Waals surface area contributed by atoms with Gasteiger partial charge in [-0.1, -0.05) is 59.6 Å². The van der Waals surface area contributed by atoms with Crippen molar-refractivity contribution in [2.75, 3.05) is 12.4 Å². The number of alkyl halides is 3. The average molecular weight is 566 g/mol. The van der Waals surface area contributed by atoms with E-state index >= 15 is 0 Å². The third kappa shape index (κ3) is 7.02. The van der Waals surface area contributed by atoms with Gasteiger partial charge in [-0.2, -0.15) is 13.2 Å². The highest BCUT2D eigenvalue weighted by molar-refractivity contribution is 6.36. The normalized spacial score (nSPS) is 10.8. The fraction of sp³-hybridized carbons (Fsp3) is 0.120. The number of aromatic hydroxyl groups is 1. The molecule has 2 aromatic carbocycles. The Bertz CT molecular complexity index is 1410. The number of pyridine rings is 1. The first-order valence-corrected chi connectivity index (χ1v) is 11.6. The van der Waals surface area contributed by atoms with E-state index in [0.29, 0.717) is 12.1 Å². The zero-order chi connectivity index (χ0) is 27.9. The summed E-state index contributed by atoms with van der Waals surface area (Å²) < 4.78 is 40.7. The fourth-order valence-electron chi connectivity index (χ4n) is 3.22. The van der Waals surface area contributed by atoms with Gasteiger partial charge in [0.05, 0.1) is 16.3 Å². The molecule has 4 rings (SSSR count). The first kappa shape index (κ1) is 28.5. The summed E-state index contributed by atoms with van der Waals surface area (Å²) in [6.07, 6.45) is -2.45. The molecule has 3 N–H and O–H groups in total. The van der Waals surface area contributed by atoms with Crippen LogP contribution in [0.1, 0.15) is 32.0 Å². The van der Waals surface area contributed by atoms with Crippen LogP contribution in [0.2, 0.25) is 10.2 Å². The van der Waals surface area contributed by atoms with Crippen molar-refractivity contribution in [3.05, 3.63) is 99.4 Å². The van der Waals surface area contributed by atoms with Crippen molar-refractivity contribution in [2.45, 2.75) is 12.7 Å². The number of hydrogen-bond acceptors (Lipinski definition) is 6. The maximum absolute atomic E-state index is 13.1. The van der Waals surface area contributed by atoms with Gasteiger partial charge >= 0.3 is 6.18 Å². The number of para-hydroxylation sites is 1. The summed E-state index contributed by atoms with van der Waals surface area (Å²) in [5.41, 5.74) is 0.332. The number of nitrogens with one attached hydrogen (secondary N) is 2. The second-order valence-electron chi connectivity index (χ2n) is 7.55. The van der Waals surface area contributed by atoms with Crippen LogP contribution in [0.3, 0.4) is 0 Å². The predicted octanol–water partition coefficient (Wildman–Crippen LogP) is 5.77. The molecular formula is C25H20Cl2F3N5O3.